The zero-order chi connectivity index (χ0) is 15.2. The lowest BCUT2D eigenvalue weighted by Crippen LogP contribution is -2.45. The second kappa shape index (κ2) is 7.82. The van der Waals surface area contributed by atoms with E-state index in [4.69, 9.17) is 0 Å². The Morgan fingerprint density at radius 1 is 1.10 bits per heavy atom. The van der Waals surface area contributed by atoms with Crippen LogP contribution in [0.5, 0.6) is 0 Å². The molecule has 0 saturated carbocycles. The molecular weight excluding hydrogens is 272 g/mol. The summed E-state index contributed by atoms with van der Waals surface area (Å²) in [6, 6.07) is 3.65. The zero-order valence-electron chi connectivity index (χ0n) is 12.9. The van der Waals surface area contributed by atoms with Gasteiger partial charge in [-0.2, -0.15) is 0 Å². The molecule has 1 heterocycles. The lowest BCUT2D eigenvalue weighted by Gasteiger charge is -2.32. The van der Waals surface area contributed by atoms with Crippen LogP contribution in [0.4, 0.5) is 8.78 Å². The van der Waals surface area contributed by atoms with Gasteiger partial charge in [0, 0.05) is 38.3 Å². The summed E-state index contributed by atoms with van der Waals surface area (Å²) in [5, 5.41) is 3.33. The van der Waals surface area contributed by atoms with Crippen molar-refractivity contribution in [2.45, 2.75) is 19.4 Å². The van der Waals surface area contributed by atoms with Gasteiger partial charge in [-0.3, -0.25) is 0 Å². The van der Waals surface area contributed by atoms with Gasteiger partial charge in [0.15, 0.2) is 0 Å². The van der Waals surface area contributed by atoms with Crippen LogP contribution >= 0.6 is 0 Å². The fraction of sp³-hybridized carbons (Fsp3) is 0.625. The van der Waals surface area contributed by atoms with Crippen molar-refractivity contribution >= 4 is 0 Å². The molecule has 5 heteroatoms. The zero-order valence-corrected chi connectivity index (χ0v) is 12.9. The average Bonchev–Trinajstić information content (AvgIpc) is 2.44. The van der Waals surface area contributed by atoms with Gasteiger partial charge in [0.05, 0.1) is 0 Å². The van der Waals surface area contributed by atoms with Crippen LogP contribution in [0.15, 0.2) is 18.2 Å². The fourth-order valence-electron chi connectivity index (χ4n) is 2.64. The smallest absolute Gasteiger partial charge is 0.126 e. The van der Waals surface area contributed by atoms with Crippen molar-refractivity contribution in [2.24, 2.45) is 0 Å². The van der Waals surface area contributed by atoms with Gasteiger partial charge in [-0.1, -0.05) is 0 Å². The number of nitrogens with one attached hydrogen (secondary N) is 1. The van der Waals surface area contributed by atoms with E-state index in [1.807, 2.05) is 6.92 Å². The van der Waals surface area contributed by atoms with E-state index in [1.165, 1.54) is 12.1 Å². The maximum atomic E-state index is 13.2. The predicted octanol–water partition coefficient (Wildman–Crippen LogP) is 2.25. The highest BCUT2D eigenvalue weighted by molar-refractivity contribution is 5.20. The summed E-state index contributed by atoms with van der Waals surface area (Å²) in [5.74, 6) is -1.04. The number of hydrogen-bond donors (Lipinski definition) is 1. The number of rotatable bonds is 6. The lowest BCUT2D eigenvalue weighted by atomic mass is 10.1. The second-order valence-electron chi connectivity index (χ2n) is 5.88. The molecular formula is C16H25F2N3. The molecule has 3 nitrogen and oxygen atoms in total. The minimum Gasteiger partial charge on any atom is -0.310 e. The summed E-state index contributed by atoms with van der Waals surface area (Å²) in [6.45, 7) is 8.38. The number of halogens is 2. The van der Waals surface area contributed by atoms with Gasteiger partial charge in [0.2, 0.25) is 0 Å². The van der Waals surface area contributed by atoms with E-state index < -0.39 is 11.6 Å². The molecule has 1 aromatic carbocycles. The molecule has 1 fully saturated rings. The van der Waals surface area contributed by atoms with Crippen molar-refractivity contribution in [3.63, 3.8) is 0 Å². The van der Waals surface area contributed by atoms with E-state index in [0.29, 0.717) is 5.56 Å². The van der Waals surface area contributed by atoms with Crippen LogP contribution < -0.4 is 5.32 Å². The molecule has 1 aliphatic rings. The summed E-state index contributed by atoms with van der Waals surface area (Å²) in [4.78, 5) is 4.81. The summed E-state index contributed by atoms with van der Waals surface area (Å²) in [6.07, 6.45) is 1.05. The van der Waals surface area contributed by atoms with Gasteiger partial charge in [-0.25, -0.2) is 8.78 Å². The van der Waals surface area contributed by atoms with Crippen molar-refractivity contribution < 1.29 is 8.78 Å². The quantitative estimate of drug-likeness (QED) is 0.813. The number of hydrogen-bond acceptors (Lipinski definition) is 3. The third-order valence-corrected chi connectivity index (χ3v) is 4.08. The molecule has 1 aliphatic heterocycles. The highest BCUT2D eigenvalue weighted by atomic mass is 19.1. The van der Waals surface area contributed by atoms with Gasteiger partial charge < -0.3 is 15.1 Å². The Morgan fingerprint density at radius 2 is 1.71 bits per heavy atom. The number of benzene rings is 1. The van der Waals surface area contributed by atoms with Crippen LogP contribution in [-0.4, -0.2) is 56.1 Å². The third-order valence-electron chi connectivity index (χ3n) is 4.08. The first kappa shape index (κ1) is 16.3. The number of nitrogens with zero attached hydrogens (tertiary/aromatic N) is 2. The van der Waals surface area contributed by atoms with E-state index in [9.17, 15) is 8.78 Å². The third kappa shape index (κ3) is 5.34. The minimum atomic E-state index is -0.518. The molecule has 0 bridgehead atoms. The van der Waals surface area contributed by atoms with E-state index in [-0.39, 0.29) is 6.04 Å². The Bertz CT molecular complexity index is 425. The molecule has 1 N–H and O–H groups in total. The van der Waals surface area contributed by atoms with Crippen molar-refractivity contribution in [2.75, 3.05) is 46.3 Å². The minimum absolute atomic E-state index is 0.0392. The molecule has 0 aromatic heterocycles. The predicted molar refractivity (Wildman–Crippen MR) is 81.3 cm³/mol. The van der Waals surface area contributed by atoms with E-state index in [1.54, 1.807) is 0 Å². The van der Waals surface area contributed by atoms with Crippen LogP contribution in [0, 0.1) is 11.6 Å². The van der Waals surface area contributed by atoms with Crippen LogP contribution in [-0.2, 0) is 0 Å². The summed E-state index contributed by atoms with van der Waals surface area (Å²) in [7, 11) is 2.15. The fourth-order valence-corrected chi connectivity index (χ4v) is 2.64. The maximum Gasteiger partial charge on any atom is 0.126 e. The maximum absolute atomic E-state index is 13.2. The molecule has 21 heavy (non-hydrogen) atoms. The number of piperazine rings is 1. The normalized spacial score (nSPS) is 18.9. The van der Waals surface area contributed by atoms with Crippen molar-refractivity contribution in [1.29, 1.82) is 0 Å². The largest absolute Gasteiger partial charge is 0.310 e. The second-order valence-corrected chi connectivity index (χ2v) is 5.88. The molecule has 118 valence electrons. The molecule has 0 aliphatic carbocycles. The van der Waals surface area contributed by atoms with Gasteiger partial charge >= 0.3 is 0 Å². The van der Waals surface area contributed by atoms with Gasteiger partial charge in [0.1, 0.15) is 11.6 Å². The molecule has 1 unspecified atom stereocenters. The molecule has 1 atom stereocenters. The van der Waals surface area contributed by atoms with Crippen molar-refractivity contribution in [3.05, 3.63) is 35.4 Å². The number of likely N-dealkylation sites (N-methyl/N-ethyl adjacent to an activating group) is 1. The first-order valence-corrected chi connectivity index (χ1v) is 7.65. The Balaban J connectivity index is 1.68. The van der Waals surface area contributed by atoms with Crippen LogP contribution in [0.25, 0.3) is 0 Å². The Hall–Kier alpha value is -1.04. The van der Waals surface area contributed by atoms with E-state index in [0.717, 1.165) is 51.8 Å². The van der Waals surface area contributed by atoms with Gasteiger partial charge in [-0.05, 0) is 51.2 Å². The van der Waals surface area contributed by atoms with E-state index >= 15 is 0 Å². The monoisotopic (exact) mass is 297 g/mol. The van der Waals surface area contributed by atoms with E-state index in [2.05, 4.69) is 22.2 Å². The van der Waals surface area contributed by atoms with Crippen molar-refractivity contribution in [3.8, 4) is 0 Å². The summed E-state index contributed by atoms with van der Waals surface area (Å²) in [5.41, 5.74) is 0.659. The Kier molecular flexibility index (Phi) is 6.08. The standard InChI is InChI=1S/C16H25F2N3/c1-13(14-10-15(17)12-16(18)11-14)19-4-3-5-21-8-6-20(2)7-9-21/h10-13,19H,3-9H2,1-2H3. The topological polar surface area (TPSA) is 18.5 Å². The SMILES string of the molecule is CC(NCCCN1CCN(C)CC1)c1cc(F)cc(F)c1. The lowest BCUT2D eigenvalue weighted by molar-refractivity contribution is 0.152. The molecule has 0 amide bonds. The van der Waals surface area contributed by atoms with Crippen LogP contribution in [0.2, 0.25) is 0 Å². The highest BCUT2D eigenvalue weighted by Crippen LogP contribution is 2.15. The summed E-state index contributed by atoms with van der Waals surface area (Å²) >= 11 is 0. The highest BCUT2D eigenvalue weighted by Gasteiger charge is 2.13. The summed E-state index contributed by atoms with van der Waals surface area (Å²) < 4.78 is 26.3. The van der Waals surface area contributed by atoms with Crippen LogP contribution in [0.3, 0.4) is 0 Å². The first-order valence-electron chi connectivity index (χ1n) is 7.65. The molecule has 1 aromatic rings. The van der Waals surface area contributed by atoms with Gasteiger partial charge in [0.25, 0.3) is 0 Å². The first-order chi connectivity index (χ1) is 10.0. The molecule has 2 rings (SSSR count). The van der Waals surface area contributed by atoms with Crippen molar-refractivity contribution in [1.82, 2.24) is 15.1 Å². The van der Waals surface area contributed by atoms with Crippen LogP contribution in [0.1, 0.15) is 24.9 Å². The van der Waals surface area contributed by atoms with Gasteiger partial charge in [-0.15, -0.1) is 0 Å². The Labute approximate surface area is 125 Å². The average molecular weight is 297 g/mol. The molecule has 1 saturated heterocycles. The molecule has 0 radical (unpaired) electrons. The molecule has 0 spiro atoms. The Morgan fingerprint density at radius 3 is 2.33 bits per heavy atom.